The number of aromatic hydroxyl groups is 1. The number of hydrogen-bond acceptors (Lipinski definition) is 3. The molecule has 0 aliphatic carbocycles. The quantitative estimate of drug-likeness (QED) is 0.694. The molecule has 0 unspecified atom stereocenters. The molecule has 1 amide bonds. The first-order valence-corrected chi connectivity index (χ1v) is 5.07. The third-order valence-electron chi connectivity index (χ3n) is 1.93. The summed E-state index contributed by atoms with van der Waals surface area (Å²) in [6.07, 6.45) is 0. The summed E-state index contributed by atoms with van der Waals surface area (Å²) < 4.78 is 12.9. The lowest BCUT2D eigenvalue weighted by Crippen LogP contribution is -2.33. The standard InChI is InChI=1S/C11H15FN2O2/c1-2-14-11(16)7-13-6-8-3-9(12)5-10(15)4-8/h3-5,13,15H,2,6-7H2,1H3,(H,14,16). The minimum Gasteiger partial charge on any atom is -0.508 e. The molecular formula is C11H15FN2O2. The maximum Gasteiger partial charge on any atom is 0.233 e. The summed E-state index contributed by atoms with van der Waals surface area (Å²) in [5, 5.41) is 14.6. The zero-order valence-electron chi connectivity index (χ0n) is 9.09. The highest BCUT2D eigenvalue weighted by Gasteiger charge is 2.01. The average Bonchev–Trinajstić information content (AvgIpc) is 2.16. The number of benzene rings is 1. The molecule has 88 valence electrons. The molecule has 0 fully saturated rings. The van der Waals surface area contributed by atoms with Crippen molar-refractivity contribution in [3.8, 4) is 5.75 Å². The highest BCUT2D eigenvalue weighted by Crippen LogP contribution is 2.14. The van der Waals surface area contributed by atoms with Crippen LogP contribution in [0.3, 0.4) is 0 Å². The van der Waals surface area contributed by atoms with Gasteiger partial charge in [-0.15, -0.1) is 0 Å². The summed E-state index contributed by atoms with van der Waals surface area (Å²) >= 11 is 0. The number of rotatable bonds is 5. The number of carbonyl (C=O) groups is 1. The third kappa shape index (κ3) is 4.27. The van der Waals surface area contributed by atoms with Crippen LogP contribution in [-0.2, 0) is 11.3 Å². The van der Waals surface area contributed by atoms with Gasteiger partial charge in [-0.3, -0.25) is 4.79 Å². The van der Waals surface area contributed by atoms with Crippen molar-refractivity contribution >= 4 is 5.91 Å². The molecule has 0 saturated carbocycles. The summed E-state index contributed by atoms with van der Waals surface area (Å²) in [6, 6.07) is 3.80. The van der Waals surface area contributed by atoms with Gasteiger partial charge in [0.25, 0.3) is 0 Å². The first-order chi connectivity index (χ1) is 7.61. The van der Waals surface area contributed by atoms with Crippen molar-refractivity contribution in [1.29, 1.82) is 0 Å². The Balaban J connectivity index is 2.40. The predicted molar refractivity (Wildman–Crippen MR) is 58.5 cm³/mol. The van der Waals surface area contributed by atoms with Gasteiger partial charge in [0.2, 0.25) is 5.91 Å². The Kier molecular flexibility index (Phi) is 4.72. The molecule has 0 aliphatic heterocycles. The Morgan fingerprint density at radius 3 is 2.81 bits per heavy atom. The van der Waals surface area contributed by atoms with E-state index < -0.39 is 5.82 Å². The van der Waals surface area contributed by atoms with E-state index in [1.165, 1.54) is 12.1 Å². The van der Waals surface area contributed by atoms with E-state index >= 15 is 0 Å². The maximum atomic E-state index is 12.9. The van der Waals surface area contributed by atoms with E-state index in [9.17, 15) is 9.18 Å². The SMILES string of the molecule is CCNC(=O)CNCc1cc(O)cc(F)c1. The molecule has 5 heteroatoms. The fraction of sp³-hybridized carbons (Fsp3) is 0.364. The Morgan fingerprint density at radius 2 is 2.19 bits per heavy atom. The van der Waals surface area contributed by atoms with Crippen molar-refractivity contribution in [2.45, 2.75) is 13.5 Å². The van der Waals surface area contributed by atoms with E-state index in [4.69, 9.17) is 5.11 Å². The van der Waals surface area contributed by atoms with Gasteiger partial charge in [-0.25, -0.2) is 4.39 Å². The van der Waals surface area contributed by atoms with E-state index in [-0.39, 0.29) is 18.2 Å². The summed E-state index contributed by atoms with van der Waals surface area (Å²) in [6.45, 7) is 2.93. The Hall–Kier alpha value is -1.62. The van der Waals surface area contributed by atoms with Crippen LogP contribution in [0, 0.1) is 5.82 Å². The fourth-order valence-corrected chi connectivity index (χ4v) is 1.32. The van der Waals surface area contributed by atoms with Gasteiger partial charge in [0.05, 0.1) is 6.54 Å². The first kappa shape index (κ1) is 12.4. The van der Waals surface area contributed by atoms with E-state index in [0.717, 1.165) is 6.07 Å². The van der Waals surface area contributed by atoms with Crippen LogP contribution >= 0.6 is 0 Å². The van der Waals surface area contributed by atoms with Crippen molar-refractivity contribution in [2.24, 2.45) is 0 Å². The van der Waals surface area contributed by atoms with Crippen molar-refractivity contribution < 1.29 is 14.3 Å². The summed E-state index contributed by atoms with van der Waals surface area (Å²) in [4.78, 5) is 11.1. The van der Waals surface area contributed by atoms with Gasteiger partial charge in [0, 0.05) is 19.2 Å². The number of halogens is 1. The highest BCUT2D eigenvalue weighted by molar-refractivity contribution is 5.77. The highest BCUT2D eigenvalue weighted by atomic mass is 19.1. The molecule has 0 atom stereocenters. The molecule has 1 aromatic carbocycles. The molecule has 16 heavy (non-hydrogen) atoms. The number of likely N-dealkylation sites (N-methyl/N-ethyl adjacent to an activating group) is 1. The summed E-state index contributed by atoms with van der Waals surface area (Å²) in [7, 11) is 0. The molecule has 0 aliphatic rings. The van der Waals surface area contributed by atoms with Gasteiger partial charge >= 0.3 is 0 Å². The monoisotopic (exact) mass is 226 g/mol. The van der Waals surface area contributed by atoms with Crippen LogP contribution in [0.4, 0.5) is 4.39 Å². The van der Waals surface area contributed by atoms with Crippen LogP contribution < -0.4 is 10.6 Å². The molecule has 0 spiro atoms. The molecule has 1 aromatic rings. The minimum absolute atomic E-state index is 0.108. The number of carbonyl (C=O) groups excluding carboxylic acids is 1. The lowest BCUT2D eigenvalue weighted by atomic mass is 10.2. The second kappa shape index (κ2) is 6.07. The number of phenols is 1. The van der Waals surface area contributed by atoms with Crippen LogP contribution in [0.15, 0.2) is 18.2 Å². The predicted octanol–water partition coefficient (Wildman–Crippen LogP) is 0.757. The molecule has 0 aromatic heterocycles. The first-order valence-electron chi connectivity index (χ1n) is 5.07. The van der Waals surface area contributed by atoms with E-state index in [1.807, 2.05) is 6.92 Å². The Morgan fingerprint density at radius 1 is 1.44 bits per heavy atom. The summed E-state index contributed by atoms with van der Waals surface area (Å²) in [5.74, 6) is -0.715. The third-order valence-corrected chi connectivity index (χ3v) is 1.93. The zero-order valence-corrected chi connectivity index (χ0v) is 9.09. The molecule has 0 heterocycles. The topological polar surface area (TPSA) is 61.4 Å². The van der Waals surface area contributed by atoms with Gasteiger partial charge in [-0.05, 0) is 24.6 Å². The van der Waals surface area contributed by atoms with Crippen LogP contribution in [-0.4, -0.2) is 24.1 Å². The number of hydrogen-bond donors (Lipinski definition) is 3. The molecule has 0 bridgehead atoms. The van der Waals surface area contributed by atoms with Gasteiger partial charge < -0.3 is 15.7 Å². The number of phenolic OH excluding ortho intramolecular Hbond substituents is 1. The largest absolute Gasteiger partial charge is 0.508 e. The van der Waals surface area contributed by atoms with Crippen molar-refractivity contribution in [3.63, 3.8) is 0 Å². The van der Waals surface area contributed by atoms with E-state index in [0.29, 0.717) is 18.7 Å². The van der Waals surface area contributed by atoms with Gasteiger partial charge in [0.1, 0.15) is 11.6 Å². The second-order valence-corrected chi connectivity index (χ2v) is 3.37. The Labute approximate surface area is 93.5 Å². The van der Waals surface area contributed by atoms with Gasteiger partial charge in [-0.1, -0.05) is 0 Å². The van der Waals surface area contributed by atoms with Crippen LogP contribution in [0.2, 0.25) is 0 Å². The lowest BCUT2D eigenvalue weighted by Gasteiger charge is -2.05. The average molecular weight is 226 g/mol. The normalized spacial score (nSPS) is 10.1. The van der Waals surface area contributed by atoms with Gasteiger partial charge in [-0.2, -0.15) is 0 Å². The Bertz CT molecular complexity index is 349. The van der Waals surface area contributed by atoms with E-state index in [2.05, 4.69) is 10.6 Å². The van der Waals surface area contributed by atoms with Crippen molar-refractivity contribution in [2.75, 3.05) is 13.1 Å². The molecule has 4 nitrogen and oxygen atoms in total. The maximum absolute atomic E-state index is 12.9. The zero-order chi connectivity index (χ0) is 12.0. The smallest absolute Gasteiger partial charge is 0.233 e. The van der Waals surface area contributed by atoms with Crippen LogP contribution in [0.25, 0.3) is 0 Å². The van der Waals surface area contributed by atoms with E-state index in [1.54, 1.807) is 0 Å². The molecular weight excluding hydrogens is 211 g/mol. The van der Waals surface area contributed by atoms with Crippen molar-refractivity contribution in [1.82, 2.24) is 10.6 Å². The second-order valence-electron chi connectivity index (χ2n) is 3.37. The minimum atomic E-state index is -0.491. The summed E-state index contributed by atoms with van der Waals surface area (Å²) in [5.41, 5.74) is 0.599. The molecule has 0 radical (unpaired) electrons. The lowest BCUT2D eigenvalue weighted by molar-refractivity contribution is -0.120. The molecule has 0 saturated heterocycles. The fourth-order valence-electron chi connectivity index (χ4n) is 1.32. The number of amides is 1. The number of nitrogens with one attached hydrogen (secondary N) is 2. The molecule has 1 rings (SSSR count). The molecule has 3 N–H and O–H groups in total. The van der Waals surface area contributed by atoms with Crippen LogP contribution in [0.1, 0.15) is 12.5 Å². The van der Waals surface area contributed by atoms with Gasteiger partial charge in [0.15, 0.2) is 0 Å². The van der Waals surface area contributed by atoms with Crippen LogP contribution in [0.5, 0.6) is 5.75 Å². The van der Waals surface area contributed by atoms with Crippen molar-refractivity contribution in [3.05, 3.63) is 29.6 Å².